The molecule has 0 bridgehead atoms. The summed E-state index contributed by atoms with van der Waals surface area (Å²) in [5.41, 5.74) is 11.0. The molecule has 3 rings (SSSR count). The molecule has 0 amide bonds. The van der Waals surface area contributed by atoms with Crippen LogP contribution in [-0.4, -0.2) is 12.1 Å². The van der Waals surface area contributed by atoms with Crippen LogP contribution in [0.25, 0.3) is 0 Å². The van der Waals surface area contributed by atoms with Gasteiger partial charge in [-0.1, -0.05) is 91.5 Å². The molecule has 28 heavy (non-hydrogen) atoms. The van der Waals surface area contributed by atoms with Crippen LogP contribution in [0.5, 0.6) is 0 Å². The Labute approximate surface area is 166 Å². The Balaban J connectivity index is 1.74. The molecule has 0 aromatic heterocycles. The van der Waals surface area contributed by atoms with Gasteiger partial charge in [0.15, 0.2) is 0 Å². The molecule has 0 radical (unpaired) electrons. The summed E-state index contributed by atoms with van der Waals surface area (Å²) in [6.07, 6.45) is 2.13. The molecule has 3 heteroatoms. The van der Waals surface area contributed by atoms with Crippen molar-refractivity contribution >= 4 is 5.97 Å². The second kappa shape index (κ2) is 9.67. The van der Waals surface area contributed by atoms with E-state index in [1.807, 2.05) is 60.7 Å². The van der Waals surface area contributed by atoms with Gasteiger partial charge >= 0.3 is 5.97 Å². The maximum Gasteiger partial charge on any atom is 0.330 e. The van der Waals surface area contributed by atoms with E-state index in [0.717, 1.165) is 17.5 Å². The first-order chi connectivity index (χ1) is 13.7. The zero-order valence-electron chi connectivity index (χ0n) is 15.8. The van der Waals surface area contributed by atoms with Crippen LogP contribution in [0.3, 0.4) is 0 Å². The number of benzene rings is 3. The van der Waals surface area contributed by atoms with Crippen molar-refractivity contribution in [1.82, 2.24) is 0 Å². The van der Waals surface area contributed by atoms with Gasteiger partial charge in [-0.25, -0.2) is 4.79 Å². The van der Waals surface area contributed by atoms with Crippen molar-refractivity contribution in [3.63, 3.8) is 0 Å². The molecule has 0 saturated heterocycles. The number of ether oxygens (including phenoxy) is 1. The minimum Gasteiger partial charge on any atom is -0.457 e. The molecule has 0 aliphatic heterocycles. The lowest BCUT2D eigenvalue weighted by Gasteiger charge is -2.24. The fourth-order valence-electron chi connectivity index (χ4n) is 3.19. The molecule has 3 nitrogen and oxygen atoms in total. The molecule has 0 heterocycles. The Kier molecular flexibility index (Phi) is 6.77. The van der Waals surface area contributed by atoms with Gasteiger partial charge in [0.05, 0.1) is 6.04 Å². The van der Waals surface area contributed by atoms with E-state index in [4.69, 9.17) is 10.5 Å². The highest BCUT2D eigenvalue weighted by molar-refractivity contribution is 5.81. The maximum atomic E-state index is 11.8. The van der Waals surface area contributed by atoms with E-state index >= 15 is 0 Å². The number of rotatable bonds is 8. The van der Waals surface area contributed by atoms with Crippen molar-refractivity contribution in [2.45, 2.75) is 25.0 Å². The molecule has 142 valence electrons. The quantitative estimate of drug-likeness (QED) is 0.464. The first-order valence-corrected chi connectivity index (χ1v) is 9.41. The first-order valence-electron chi connectivity index (χ1n) is 9.41. The normalized spacial score (nSPS) is 12.8. The smallest absolute Gasteiger partial charge is 0.330 e. The minimum absolute atomic E-state index is 0.421. The van der Waals surface area contributed by atoms with E-state index in [0.29, 0.717) is 6.42 Å². The standard InChI is InChI=1S/C25H25NO2/c1-2-24(27)28-23(18-20-11-7-4-8-12-20)25(26)22-15-13-21(14-16-22)17-19-9-5-3-6-10-19/h2-16,23,25H,1,17-18,26H2. The summed E-state index contributed by atoms with van der Waals surface area (Å²) in [5.74, 6) is -0.461. The molecule has 2 N–H and O–H groups in total. The first kappa shape index (κ1) is 19.6. The van der Waals surface area contributed by atoms with E-state index in [2.05, 4.69) is 30.8 Å². The Morgan fingerprint density at radius 1 is 0.857 bits per heavy atom. The molecule has 0 aliphatic rings. The van der Waals surface area contributed by atoms with Gasteiger partial charge in [0.25, 0.3) is 0 Å². The number of hydrogen-bond acceptors (Lipinski definition) is 3. The lowest BCUT2D eigenvalue weighted by atomic mass is 9.95. The second-order valence-electron chi connectivity index (χ2n) is 6.80. The molecular weight excluding hydrogens is 346 g/mol. The maximum absolute atomic E-state index is 11.8. The topological polar surface area (TPSA) is 52.3 Å². The van der Waals surface area contributed by atoms with Crippen LogP contribution in [-0.2, 0) is 22.4 Å². The third-order valence-corrected chi connectivity index (χ3v) is 4.73. The van der Waals surface area contributed by atoms with Crippen molar-refractivity contribution in [1.29, 1.82) is 0 Å². The van der Waals surface area contributed by atoms with E-state index in [9.17, 15) is 4.79 Å². The zero-order valence-corrected chi connectivity index (χ0v) is 15.8. The van der Waals surface area contributed by atoms with Crippen LogP contribution in [0.2, 0.25) is 0 Å². The van der Waals surface area contributed by atoms with Gasteiger partial charge in [-0.05, 0) is 28.7 Å². The molecule has 2 atom stereocenters. The van der Waals surface area contributed by atoms with E-state index < -0.39 is 18.1 Å². The third-order valence-electron chi connectivity index (χ3n) is 4.73. The van der Waals surface area contributed by atoms with Gasteiger partial charge in [0.2, 0.25) is 0 Å². The average Bonchev–Trinajstić information content (AvgIpc) is 2.74. The Morgan fingerprint density at radius 3 is 1.96 bits per heavy atom. The molecule has 3 aromatic carbocycles. The van der Waals surface area contributed by atoms with Crippen molar-refractivity contribution in [3.8, 4) is 0 Å². The Morgan fingerprint density at radius 2 is 1.39 bits per heavy atom. The van der Waals surface area contributed by atoms with Crippen molar-refractivity contribution in [2.75, 3.05) is 0 Å². The van der Waals surface area contributed by atoms with Gasteiger partial charge in [0.1, 0.15) is 6.10 Å². The van der Waals surface area contributed by atoms with E-state index in [1.54, 1.807) is 0 Å². The highest BCUT2D eigenvalue weighted by atomic mass is 16.5. The van der Waals surface area contributed by atoms with Crippen LogP contribution in [0.1, 0.15) is 28.3 Å². The summed E-state index contributed by atoms with van der Waals surface area (Å²) in [6, 6.07) is 28.0. The SMILES string of the molecule is C=CC(=O)OC(Cc1ccccc1)C(N)c1ccc(Cc2ccccc2)cc1. The monoisotopic (exact) mass is 371 g/mol. The molecule has 0 fully saturated rings. The lowest BCUT2D eigenvalue weighted by Crippen LogP contribution is -2.32. The minimum atomic E-state index is -0.465. The average molecular weight is 371 g/mol. The van der Waals surface area contributed by atoms with Crippen LogP contribution >= 0.6 is 0 Å². The number of carbonyl (C=O) groups excluding carboxylic acids is 1. The van der Waals surface area contributed by atoms with E-state index in [-0.39, 0.29) is 0 Å². The van der Waals surface area contributed by atoms with Gasteiger partial charge in [-0.2, -0.15) is 0 Å². The number of esters is 1. The Bertz CT molecular complexity index is 889. The second-order valence-corrected chi connectivity index (χ2v) is 6.80. The predicted molar refractivity (Wildman–Crippen MR) is 113 cm³/mol. The zero-order chi connectivity index (χ0) is 19.8. The Hall–Kier alpha value is -3.17. The number of nitrogens with two attached hydrogens (primary N) is 1. The number of hydrogen-bond donors (Lipinski definition) is 1. The summed E-state index contributed by atoms with van der Waals surface area (Å²) >= 11 is 0. The number of carbonyl (C=O) groups is 1. The summed E-state index contributed by atoms with van der Waals surface area (Å²) in [7, 11) is 0. The van der Waals surface area contributed by atoms with E-state index in [1.165, 1.54) is 17.2 Å². The van der Waals surface area contributed by atoms with Crippen LogP contribution in [0, 0.1) is 0 Å². The fourth-order valence-corrected chi connectivity index (χ4v) is 3.19. The molecular formula is C25H25NO2. The predicted octanol–water partition coefficient (Wildman–Crippen LogP) is 4.62. The van der Waals surface area contributed by atoms with Crippen molar-refractivity contribution < 1.29 is 9.53 Å². The molecule has 3 aromatic rings. The molecule has 2 unspecified atom stereocenters. The highest BCUT2D eigenvalue weighted by Gasteiger charge is 2.23. The van der Waals surface area contributed by atoms with Gasteiger partial charge in [0, 0.05) is 12.5 Å². The largest absolute Gasteiger partial charge is 0.457 e. The lowest BCUT2D eigenvalue weighted by molar-refractivity contribution is -0.144. The summed E-state index contributed by atoms with van der Waals surface area (Å²) in [6.45, 7) is 3.49. The van der Waals surface area contributed by atoms with Gasteiger partial charge < -0.3 is 10.5 Å². The third kappa shape index (κ3) is 5.41. The van der Waals surface area contributed by atoms with Gasteiger partial charge in [-0.3, -0.25) is 0 Å². The van der Waals surface area contributed by atoms with Crippen LogP contribution < -0.4 is 5.73 Å². The summed E-state index contributed by atoms with van der Waals surface area (Å²) in [5, 5.41) is 0. The van der Waals surface area contributed by atoms with Crippen molar-refractivity contribution in [3.05, 3.63) is 120 Å². The van der Waals surface area contributed by atoms with Crippen LogP contribution in [0.15, 0.2) is 97.6 Å². The van der Waals surface area contributed by atoms with Crippen molar-refractivity contribution in [2.24, 2.45) is 5.73 Å². The summed E-state index contributed by atoms with van der Waals surface area (Å²) < 4.78 is 5.56. The molecule has 0 aliphatic carbocycles. The fraction of sp³-hybridized carbons (Fsp3) is 0.160. The molecule has 0 saturated carbocycles. The molecule has 0 spiro atoms. The highest BCUT2D eigenvalue weighted by Crippen LogP contribution is 2.22. The van der Waals surface area contributed by atoms with Crippen LogP contribution in [0.4, 0.5) is 0 Å². The van der Waals surface area contributed by atoms with Gasteiger partial charge in [-0.15, -0.1) is 0 Å². The summed E-state index contributed by atoms with van der Waals surface area (Å²) in [4.78, 5) is 11.8.